The molecule has 2 saturated heterocycles. The maximum atomic E-state index is 13.8. The molecule has 0 spiro atoms. The van der Waals surface area contributed by atoms with Gasteiger partial charge in [0.05, 0.1) is 5.41 Å². The molecule has 4 aliphatic rings. The minimum Gasteiger partial charge on any atom is -0.341 e. The maximum Gasteiger partial charge on any atom is 0.229 e. The Bertz CT molecular complexity index is 645. The Hall–Kier alpha value is -1.35. The number of rotatable bonds is 3. The molecule has 4 bridgehead atoms. The van der Waals surface area contributed by atoms with E-state index in [2.05, 4.69) is 40.5 Å². The van der Waals surface area contributed by atoms with Crippen LogP contribution in [0.3, 0.4) is 0 Å². The van der Waals surface area contributed by atoms with Crippen molar-refractivity contribution in [3.8, 4) is 0 Å². The molecule has 0 radical (unpaired) electrons. The lowest BCUT2D eigenvalue weighted by Crippen LogP contribution is -2.50. The minimum absolute atomic E-state index is 0.117. The third-order valence-electron chi connectivity index (χ3n) is 7.57. The summed E-state index contributed by atoms with van der Waals surface area (Å²) in [5, 5.41) is 3.73. The van der Waals surface area contributed by atoms with Crippen molar-refractivity contribution in [3.63, 3.8) is 0 Å². The van der Waals surface area contributed by atoms with Crippen LogP contribution in [0.15, 0.2) is 30.3 Å². The molecule has 2 heterocycles. The summed E-state index contributed by atoms with van der Waals surface area (Å²) < 4.78 is 0. The summed E-state index contributed by atoms with van der Waals surface area (Å²) in [6, 6.07) is 11.9. The van der Waals surface area contributed by atoms with E-state index in [9.17, 15) is 4.79 Å². The van der Waals surface area contributed by atoms with Gasteiger partial charge in [-0.3, -0.25) is 4.79 Å². The summed E-state index contributed by atoms with van der Waals surface area (Å²) in [4.78, 5) is 16.1. The lowest BCUT2D eigenvalue weighted by molar-refractivity contribution is -0.146. The van der Waals surface area contributed by atoms with Gasteiger partial charge in [0.2, 0.25) is 5.91 Å². The molecule has 2 saturated carbocycles. The van der Waals surface area contributed by atoms with Gasteiger partial charge in [0, 0.05) is 25.2 Å². The van der Waals surface area contributed by atoms with E-state index in [1.54, 1.807) is 0 Å². The number of nitrogens with one attached hydrogen (secondary N) is 1. The van der Waals surface area contributed by atoms with Crippen molar-refractivity contribution in [3.05, 3.63) is 35.9 Å². The molecule has 4 fully saturated rings. The zero-order valence-electron chi connectivity index (χ0n) is 15.1. The molecule has 2 aliphatic carbocycles. The van der Waals surface area contributed by atoms with Gasteiger partial charge in [0.1, 0.15) is 0 Å². The van der Waals surface area contributed by atoms with Gasteiger partial charge in [-0.2, -0.15) is 0 Å². The van der Waals surface area contributed by atoms with Gasteiger partial charge < -0.3 is 10.2 Å². The summed E-state index contributed by atoms with van der Waals surface area (Å²) in [6.07, 6.45) is 9.66. The molecule has 3 nitrogen and oxygen atoms in total. The molecular weight excluding hydrogens is 308 g/mol. The second kappa shape index (κ2) is 6.12. The molecule has 5 unspecified atom stereocenters. The zero-order valence-corrected chi connectivity index (χ0v) is 15.1. The maximum absolute atomic E-state index is 13.8. The fraction of sp³-hybridized carbons (Fsp3) is 0.682. The number of amides is 1. The lowest BCUT2D eigenvalue weighted by Gasteiger charge is -2.41. The SMILES string of the molecule is O=C(N1CCC2CCC(C1)N2)C1(Cc2ccccc2)CC2CCC1C2. The van der Waals surface area contributed by atoms with Crippen LogP contribution in [0.4, 0.5) is 0 Å². The predicted octanol–water partition coefficient (Wildman–Crippen LogP) is 3.39. The average Bonchev–Trinajstić information content (AvgIpc) is 3.30. The van der Waals surface area contributed by atoms with Gasteiger partial charge in [-0.05, 0) is 62.3 Å². The number of benzene rings is 1. The van der Waals surface area contributed by atoms with Crippen LogP contribution in [0.25, 0.3) is 0 Å². The molecule has 1 amide bonds. The molecule has 0 aromatic heterocycles. The third-order valence-corrected chi connectivity index (χ3v) is 7.57. The van der Waals surface area contributed by atoms with Gasteiger partial charge in [0.25, 0.3) is 0 Å². The Morgan fingerprint density at radius 2 is 1.92 bits per heavy atom. The van der Waals surface area contributed by atoms with Crippen molar-refractivity contribution in [2.24, 2.45) is 17.3 Å². The highest BCUT2D eigenvalue weighted by Gasteiger charge is 2.56. The van der Waals surface area contributed by atoms with Gasteiger partial charge in [0.15, 0.2) is 0 Å². The monoisotopic (exact) mass is 338 g/mol. The van der Waals surface area contributed by atoms with Crippen molar-refractivity contribution in [1.82, 2.24) is 10.2 Å². The highest BCUT2D eigenvalue weighted by atomic mass is 16.2. The summed E-state index contributed by atoms with van der Waals surface area (Å²) in [6.45, 7) is 1.89. The molecule has 5 atom stereocenters. The first-order valence-corrected chi connectivity index (χ1v) is 10.3. The summed E-state index contributed by atoms with van der Waals surface area (Å²) in [5.41, 5.74) is 1.23. The van der Waals surface area contributed by atoms with E-state index in [-0.39, 0.29) is 5.41 Å². The van der Waals surface area contributed by atoms with Crippen molar-refractivity contribution >= 4 is 5.91 Å². The quantitative estimate of drug-likeness (QED) is 0.916. The average molecular weight is 338 g/mol. The topological polar surface area (TPSA) is 32.3 Å². The van der Waals surface area contributed by atoms with E-state index in [0.29, 0.717) is 23.9 Å². The Morgan fingerprint density at radius 1 is 1.08 bits per heavy atom. The van der Waals surface area contributed by atoms with Crippen molar-refractivity contribution in [2.75, 3.05) is 13.1 Å². The fourth-order valence-corrected chi connectivity index (χ4v) is 6.40. The Kier molecular flexibility index (Phi) is 3.89. The van der Waals surface area contributed by atoms with Crippen LogP contribution in [0.2, 0.25) is 0 Å². The zero-order chi connectivity index (χ0) is 16.9. The van der Waals surface area contributed by atoms with Gasteiger partial charge in [-0.15, -0.1) is 0 Å². The van der Waals surface area contributed by atoms with E-state index in [4.69, 9.17) is 0 Å². The van der Waals surface area contributed by atoms with Crippen molar-refractivity contribution in [2.45, 2.75) is 63.5 Å². The second-order valence-corrected chi connectivity index (χ2v) is 9.08. The molecule has 3 heteroatoms. The van der Waals surface area contributed by atoms with Gasteiger partial charge in [-0.25, -0.2) is 0 Å². The predicted molar refractivity (Wildman–Crippen MR) is 99.2 cm³/mol. The van der Waals surface area contributed by atoms with Gasteiger partial charge >= 0.3 is 0 Å². The second-order valence-electron chi connectivity index (χ2n) is 9.08. The van der Waals surface area contributed by atoms with Crippen LogP contribution in [0.5, 0.6) is 0 Å². The van der Waals surface area contributed by atoms with Crippen molar-refractivity contribution in [1.29, 1.82) is 0 Å². The number of likely N-dealkylation sites (tertiary alicyclic amines) is 1. The van der Waals surface area contributed by atoms with Gasteiger partial charge in [-0.1, -0.05) is 36.8 Å². The summed E-state index contributed by atoms with van der Waals surface area (Å²) in [7, 11) is 0. The summed E-state index contributed by atoms with van der Waals surface area (Å²) in [5.74, 6) is 1.88. The van der Waals surface area contributed by atoms with Crippen LogP contribution in [-0.4, -0.2) is 36.0 Å². The van der Waals surface area contributed by atoms with Crippen LogP contribution < -0.4 is 5.32 Å². The van der Waals surface area contributed by atoms with Crippen LogP contribution >= 0.6 is 0 Å². The molecule has 1 aromatic carbocycles. The Balaban J connectivity index is 1.43. The first-order valence-electron chi connectivity index (χ1n) is 10.3. The number of nitrogens with zero attached hydrogens (tertiary/aromatic N) is 1. The first kappa shape index (κ1) is 15.9. The molecular formula is C22H30N2O. The largest absolute Gasteiger partial charge is 0.341 e. The molecule has 2 aliphatic heterocycles. The molecule has 1 aromatic rings. The highest BCUT2D eigenvalue weighted by Crippen LogP contribution is 2.58. The standard InChI is InChI=1S/C22H30N2O/c25-21(24-11-10-19-8-9-20(15-24)23-19)22(13-16-4-2-1-3-5-16)14-17-6-7-18(22)12-17/h1-5,17-20,23H,6-15H2. The number of carbonyl (C=O) groups excluding carboxylic acids is 1. The third kappa shape index (κ3) is 2.71. The van der Waals surface area contributed by atoms with E-state index in [0.717, 1.165) is 38.3 Å². The van der Waals surface area contributed by atoms with Crippen molar-refractivity contribution < 1.29 is 4.79 Å². The highest BCUT2D eigenvalue weighted by molar-refractivity contribution is 5.84. The summed E-state index contributed by atoms with van der Waals surface area (Å²) >= 11 is 0. The number of hydrogen-bond donors (Lipinski definition) is 1. The Labute approximate surface area is 151 Å². The Morgan fingerprint density at radius 3 is 2.68 bits per heavy atom. The van der Waals surface area contributed by atoms with Crippen LogP contribution in [-0.2, 0) is 11.2 Å². The minimum atomic E-state index is -0.117. The van der Waals surface area contributed by atoms with E-state index < -0.39 is 0 Å². The van der Waals surface area contributed by atoms with E-state index in [1.807, 2.05) is 0 Å². The number of carbonyl (C=O) groups is 1. The molecule has 134 valence electrons. The molecule has 25 heavy (non-hydrogen) atoms. The van der Waals surface area contributed by atoms with Crippen LogP contribution in [0.1, 0.15) is 50.5 Å². The lowest BCUT2D eigenvalue weighted by atomic mass is 9.68. The molecule has 1 N–H and O–H groups in total. The number of hydrogen-bond acceptors (Lipinski definition) is 2. The number of fused-ring (bicyclic) bond motifs is 4. The van der Waals surface area contributed by atoms with E-state index in [1.165, 1.54) is 37.7 Å². The van der Waals surface area contributed by atoms with Crippen LogP contribution in [0, 0.1) is 17.3 Å². The normalized spacial score (nSPS) is 39.6. The molecule has 5 rings (SSSR count). The smallest absolute Gasteiger partial charge is 0.229 e. The first-order chi connectivity index (χ1) is 12.2. The van der Waals surface area contributed by atoms with E-state index >= 15 is 0 Å². The fourth-order valence-electron chi connectivity index (χ4n) is 6.40.